The van der Waals surface area contributed by atoms with Crippen molar-refractivity contribution in [1.82, 2.24) is 0 Å². The Hall–Kier alpha value is -0.350. The molecule has 2 rings (SSSR count). The monoisotopic (exact) mass is 163 g/mol. The minimum absolute atomic E-state index is 0.970. The predicted molar refractivity (Wildman–Crippen MR) is 50.6 cm³/mol. The highest BCUT2D eigenvalue weighted by atomic mass is 31.1. The van der Waals surface area contributed by atoms with Gasteiger partial charge in [-0.25, -0.2) is 0 Å². The molecule has 1 heteroatoms. The van der Waals surface area contributed by atoms with Crippen LogP contribution in [0.3, 0.4) is 0 Å². The zero-order valence-electron chi connectivity index (χ0n) is 6.53. The largest absolute Gasteiger partial charge is 0.0622 e. The van der Waals surface area contributed by atoms with Crippen LogP contribution in [-0.2, 0) is 0 Å². The topological polar surface area (TPSA) is 0 Å². The molecule has 1 aromatic carbocycles. The average molecular weight is 163 g/mol. The van der Waals surface area contributed by atoms with E-state index in [0.717, 1.165) is 5.66 Å². The van der Waals surface area contributed by atoms with Gasteiger partial charge >= 0.3 is 0 Å². The molecule has 0 nitrogen and oxygen atoms in total. The van der Waals surface area contributed by atoms with Gasteiger partial charge in [0, 0.05) is 0 Å². The van der Waals surface area contributed by atoms with E-state index in [9.17, 15) is 0 Å². The fourth-order valence-corrected chi connectivity index (χ4v) is 2.63. The first-order chi connectivity index (χ1) is 5.45. The van der Waals surface area contributed by atoms with Gasteiger partial charge in [0.1, 0.15) is 0 Å². The Bertz CT molecular complexity index is 214. The zero-order chi connectivity index (χ0) is 7.52. The van der Waals surface area contributed by atoms with Crippen LogP contribution in [0.15, 0.2) is 30.3 Å². The van der Waals surface area contributed by atoms with Gasteiger partial charge in [0.2, 0.25) is 0 Å². The minimum atomic E-state index is 0.970. The molecule has 0 amide bonds. The van der Waals surface area contributed by atoms with Crippen LogP contribution in [-0.4, -0.2) is 5.66 Å². The van der Waals surface area contributed by atoms with Crippen molar-refractivity contribution >= 4 is 13.9 Å². The summed E-state index contributed by atoms with van der Waals surface area (Å²) in [6.07, 6.45) is 4.33. The molecule has 0 bridgehead atoms. The Labute approximate surface area is 69.8 Å². The molecule has 1 aromatic rings. The van der Waals surface area contributed by atoms with Gasteiger partial charge in [0.25, 0.3) is 0 Å². The molecule has 1 aliphatic rings. The van der Waals surface area contributed by atoms with Gasteiger partial charge in [-0.3, -0.25) is 0 Å². The van der Waals surface area contributed by atoms with E-state index in [2.05, 4.69) is 30.3 Å². The van der Waals surface area contributed by atoms with E-state index in [1.54, 1.807) is 8.58 Å². The molecule has 0 aliphatic heterocycles. The van der Waals surface area contributed by atoms with Crippen LogP contribution in [0.2, 0.25) is 0 Å². The van der Waals surface area contributed by atoms with Crippen molar-refractivity contribution in [3.05, 3.63) is 30.3 Å². The third-order valence-corrected chi connectivity index (χ3v) is 3.64. The first-order valence-corrected chi connectivity index (χ1v) is 5.17. The third kappa shape index (κ3) is 1.81. The SMILES string of the molecule is c1ccc([P]C2CCC2)cc1. The minimum Gasteiger partial charge on any atom is -0.0622 e. The molecule has 0 saturated heterocycles. The van der Waals surface area contributed by atoms with Crippen LogP contribution in [0.25, 0.3) is 0 Å². The maximum atomic E-state index is 2.22. The summed E-state index contributed by atoms with van der Waals surface area (Å²) in [5, 5.41) is 1.48. The van der Waals surface area contributed by atoms with E-state index in [4.69, 9.17) is 0 Å². The molecule has 0 spiro atoms. The van der Waals surface area contributed by atoms with Gasteiger partial charge in [-0.1, -0.05) is 36.8 Å². The normalized spacial score (nSPS) is 18.9. The lowest BCUT2D eigenvalue weighted by atomic mass is 10.00. The van der Waals surface area contributed by atoms with Crippen molar-refractivity contribution < 1.29 is 0 Å². The van der Waals surface area contributed by atoms with Gasteiger partial charge in [0.05, 0.1) is 0 Å². The molecular weight excluding hydrogens is 151 g/mol. The van der Waals surface area contributed by atoms with Crippen molar-refractivity contribution in [2.75, 3.05) is 0 Å². The molecular formula is C10H12P. The molecule has 1 radical (unpaired) electrons. The van der Waals surface area contributed by atoms with Crippen molar-refractivity contribution in [2.45, 2.75) is 24.9 Å². The van der Waals surface area contributed by atoms with Crippen LogP contribution < -0.4 is 5.30 Å². The van der Waals surface area contributed by atoms with Crippen molar-refractivity contribution in [2.24, 2.45) is 0 Å². The van der Waals surface area contributed by atoms with Crippen LogP contribution in [0.1, 0.15) is 19.3 Å². The predicted octanol–water partition coefficient (Wildman–Crippen LogP) is 2.81. The molecule has 1 aliphatic carbocycles. The summed E-state index contributed by atoms with van der Waals surface area (Å²) in [7, 11) is 1.55. The summed E-state index contributed by atoms with van der Waals surface area (Å²) < 4.78 is 0. The van der Waals surface area contributed by atoms with Crippen molar-refractivity contribution in [1.29, 1.82) is 0 Å². The molecule has 0 aromatic heterocycles. The van der Waals surface area contributed by atoms with Crippen LogP contribution in [0, 0.1) is 0 Å². The smallest absolute Gasteiger partial charge is 0.0127 e. The Balaban J connectivity index is 1.95. The molecule has 11 heavy (non-hydrogen) atoms. The van der Waals surface area contributed by atoms with Crippen LogP contribution >= 0.6 is 8.58 Å². The highest BCUT2D eigenvalue weighted by Crippen LogP contribution is 2.34. The quantitative estimate of drug-likeness (QED) is 0.588. The van der Waals surface area contributed by atoms with Crippen LogP contribution in [0.4, 0.5) is 0 Å². The number of rotatable bonds is 2. The lowest BCUT2D eigenvalue weighted by Crippen LogP contribution is -2.14. The Morgan fingerprint density at radius 1 is 1.09 bits per heavy atom. The first kappa shape index (κ1) is 7.31. The van der Waals surface area contributed by atoms with Gasteiger partial charge in [-0.2, -0.15) is 0 Å². The average Bonchev–Trinajstić information content (AvgIpc) is 1.99. The van der Waals surface area contributed by atoms with E-state index in [1.807, 2.05) is 0 Å². The number of hydrogen-bond donors (Lipinski definition) is 0. The standard InChI is InChI=1S/C10H12P/c1-2-5-9(6-3-1)11-10-7-4-8-10/h1-3,5-6,10H,4,7-8H2. The van der Waals surface area contributed by atoms with E-state index >= 15 is 0 Å². The molecule has 1 fully saturated rings. The molecule has 0 unspecified atom stereocenters. The van der Waals surface area contributed by atoms with E-state index in [-0.39, 0.29) is 0 Å². The lowest BCUT2D eigenvalue weighted by molar-refractivity contribution is 0.520. The number of hydrogen-bond acceptors (Lipinski definition) is 0. The summed E-state index contributed by atoms with van der Waals surface area (Å²) in [5.74, 6) is 0. The summed E-state index contributed by atoms with van der Waals surface area (Å²) in [5.41, 5.74) is 0.970. The maximum absolute atomic E-state index is 2.22. The summed E-state index contributed by atoms with van der Waals surface area (Å²) in [6.45, 7) is 0. The summed E-state index contributed by atoms with van der Waals surface area (Å²) in [6, 6.07) is 10.8. The Kier molecular flexibility index (Phi) is 2.23. The first-order valence-electron chi connectivity index (χ1n) is 4.21. The summed E-state index contributed by atoms with van der Waals surface area (Å²) >= 11 is 0. The fourth-order valence-electron chi connectivity index (χ4n) is 1.24. The van der Waals surface area contributed by atoms with Crippen molar-refractivity contribution in [3.63, 3.8) is 0 Å². The third-order valence-electron chi connectivity index (χ3n) is 2.16. The fraction of sp³-hybridized carbons (Fsp3) is 0.400. The second kappa shape index (κ2) is 3.36. The lowest BCUT2D eigenvalue weighted by Gasteiger charge is -2.24. The second-order valence-electron chi connectivity index (χ2n) is 3.05. The van der Waals surface area contributed by atoms with Gasteiger partial charge in [0.15, 0.2) is 0 Å². The van der Waals surface area contributed by atoms with E-state index < -0.39 is 0 Å². The zero-order valence-corrected chi connectivity index (χ0v) is 7.43. The molecule has 0 N–H and O–H groups in total. The molecule has 0 heterocycles. The van der Waals surface area contributed by atoms with Gasteiger partial charge < -0.3 is 0 Å². The maximum Gasteiger partial charge on any atom is -0.0127 e. The van der Waals surface area contributed by atoms with E-state index in [1.165, 1.54) is 24.6 Å². The van der Waals surface area contributed by atoms with Crippen LogP contribution in [0.5, 0.6) is 0 Å². The van der Waals surface area contributed by atoms with Crippen molar-refractivity contribution in [3.8, 4) is 0 Å². The molecule has 1 saturated carbocycles. The Morgan fingerprint density at radius 3 is 2.36 bits per heavy atom. The molecule has 0 atom stereocenters. The van der Waals surface area contributed by atoms with E-state index in [0.29, 0.717) is 0 Å². The highest BCUT2D eigenvalue weighted by Gasteiger charge is 2.17. The number of benzene rings is 1. The Morgan fingerprint density at radius 2 is 1.82 bits per heavy atom. The summed E-state index contributed by atoms with van der Waals surface area (Å²) in [4.78, 5) is 0. The van der Waals surface area contributed by atoms with Gasteiger partial charge in [-0.05, 0) is 32.4 Å². The van der Waals surface area contributed by atoms with Gasteiger partial charge in [-0.15, -0.1) is 0 Å². The molecule has 57 valence electrons. The highest BCUT2D eigenvalue weighted by molar-refractivity contribution is 7.48. The second-order valence-corrected chi connectivity index (χ2v) is 4.55.